The van der Waals surface area contributed by atoms with Crippen LogP contribution >= 0.6 is 0 Å². The fourth-order valence-electron chi connectivity index (χ4n) is 3.00. The molecule has 3 heterocycles. The van der Waals surface area contributed by atoms with Crippen LogP contribution in [0.1, 0.15) is 43.5 Å². The van der Waals surface area contributed by atoms with Crippen LogP contribution < -0.4 is 4.90 Å². The van der Waals surface area contributed by atoms with Crippen molar-refractivity contribution in [1.82, 2.24) is 24.7 Å². The van der Waals surface area contributed by atoms with Crippen molar-refractivity contribution in [2.45, 2.75) is 37.6 Å². The smallest absolute Gasteiger partial charge is 0.147 e. The maximum Gasteiger partial charge on any atom is 0.147 e. The van der Waals surface area contributed by atoms with Crippen LogP contribution in [-0.4, -0.2) is 37.8 Å². The van der Waals surface area contributed by atoms with E-state index in [9.17, 15) is 0 Å². The van der Waals surface area contributed by atoms with Crippen LogP contribution in [0.4, 0.5) is 5.82 Å². The van der Waals surface area contributed by atoms with E-state index in [1.54, 1.807) is 12.4 Å². The highest BCUT2D eigenvalue weighted by Crippen LogP contribution is 2.38. The van der Waals surface area contributed by atoms with E-state index in [0.29, 0.717) is 12.0 Å². The Morgan fingerprint density at radius 3 is 2.60 bits per heavy atom. The van der Waals surface area contributed by atoms with Crippen molar-refractivity contribution in [1.29, 1.82) is 0 Å². The molecule has 1 saturated carbocycles. The van der Waals surface area contributed by atoms with Crippen molar-refractivity contribution in [2.75, 3.05) is 18.0 Å². The highest BCUT2D eigenvalue weighted by atomic mass is 15.3. The van der Waals surface area contributed by atoms with Crippen molar-refractivity contribution < 1.29 is 0 Å². The lowest BCUT2D eigenvalue weighted by atomic mass is 9.96. The standard InChI is InChI=1S/C14H18N6/c1-2-12(1)20-10-17-18-14(20)11-3-7-19(8-4-11)13-9-15-5-6-16-13/h5-6,9-12H,1-4,7-8H2. The molecule has 0 spiro atoms. The molecule has 0 atom stereocenters. The van der Waals surface area contributed by atoms with Crippen LogP contribution in [0.25, 0.3) is 0 Å². The van der Waals surface area contributed by atoms with Crippen LogP contribution in [-0.2, 0) is 0 Å². The summed E-state index contributed by atoms with van der Waals surface area (Å²) in [6.07, 6.45) is 12.0. The molecule has 6 nitrogen and oxygen atoms in total. The van der Waals surface area contributed by atoms with Gasteiger partial charge in [0.05, 0.1) is 6.20 Å². The van der Waals surface area contributed by atoms with Gasteiger partial charge in [-0.2, -0.15) is 0 Å². The zero-order chi connectivity index (χ0) is 13.4. The molecule has 6 heteroatoms. The zero-order valence-electron chi connectivity index (χ0n) is 11.4. The lowest BCUT2D eigenvalue weighted by Crippen LogP contribution is -2.34. The SMILES string of the molecule is c1cnc(N2CCC(c3nncn3C3CC3)CC2)cn1. The van der Waals surface area contributed by atoms with Gasteiger partial charge >= 0.3 is 0 Å². The summed E-state index contributed by atoms with van der Waals surface area (Å²) in [4.78, 5) is 10.8. The summed E-state index contributed by atoms with van der Waals surface area (Å²) in [5, 5.41) is 8.48. The largest absolute Gasteiger partial charge is 0.355 e. The summed E-state index contributed by atoms with van der Waals surface area (Å²) in [7, 11) is 0. The predicted octanol–water partition coefficient (Wildman–Crippen LogP) is 1.79. The lowest BCUT2D eigenvalue weighted by Gasteiger charge is -2.32. The third-order valence-corrected chi connectivity index (χ3v) is 4.27. The van der Waals surface area contributed by atoms with Gasteiger partial charge < -0.3 is 9.47 Å². The molecule has 2 aromatic rings. The minimum Gasteiger partial charge on any atom is -0.355 e. The Morgan fingerprint density at radius 1 is 1.05 bits per heavy atom. The third kappa shape index (κ3) is 2.15. The van der Waals surface area contributed by atoms with E-state index < -0.39 is 0 Å². The van der Waals surface area contributed by atoms with Crippen molar-refractivity contribution in [3.63, 3.8) is 0 Å². The molecular weight excluding hydrogens is 252 g/mol. The van der Waals surface area contributed by atoms with Gasteiger partial charge in [-0.25, -0.2) is 4.98 Å². The number of rotatable bonds is 3. The fourth-order valence-corrected chi connectivity index (χ4v) is 3.00. The minimum atomic E-state index is 0.533. The summed E-state index contributed by atoms with van der Waals surface area (Å²) < 4.78 is 2.29. The fraction of sp³-hybridized carbons (Fsp3) is 0.571. The molecule has 0 bridgehead atoms. The maximum atomic E-state index is 4.38. The van der Waals surface area contributed by atoms with E-state index in [2.05, 4.69) is 29.6 Å². The second kappa shape index (κ2) is 4.85. The second-order valence-electron chi connectivity index (χ2n) is 5.65. The Labute approximate surface area is 117 Å². The molecule has 0 N–H and O–H groups in total. The Balaban J connectivity index is 1.45. The normalized spacial score (nSPS) is 20.3. The molecular formula is C14H18N6. The molecule has 1 aliphatic heterocycles. The summed E-state index contributed by atoms with van der Waals surface area (Å²) >= 11 is 0. The highest BCUT2D eigenvalue weighted by Gasteiger charge is 2.31. The minimum absolute atomic E-state index is 0.533. The molecule has 2 aliphatic rings. The monoisotopic (exact) mass is 270 g/mol. The van der Waals surface area contributed by atoms with Crippen molar-refractivity contribution in [3.8, 4) is 0 Å². The van der Waals surface area contributed by atoms with Crippen LogP contribution in [0.3, 0.4) is 0 Å². The molecule has 2 fully saturated rings. The molecule has 0 unspecified atom stereocenters. The summed E-state index contributed by atoms with van der Waals surface area (Å²) in [6, 6.07) is 0.665. The van der Waals surface area contributed by atoms with Crippen molar-refractivity contribution in [2.24, 2.45) is 0 Å². The number of hydrogen-bond donors (Lipinski definition) is 0. The van der Waals surface area contributed by atoms with Gasteiger partial charge in [-0.3, -0.25) is 4.98 Å². The molecule has 2 aromatic heterocycles. The molecule has 1 saturated heterocycles. The first-order valence-corrected chi connectivity index (χ1v) is 7.32. The molecule has 0 amide bonds. The molecule has 1 aliphatic carbocycles. The van der Waals surface area contributed by atoms with Gasteiger partial charge in [0, 0.05) is 37.4 Å². The van der Waals surface area contributed by atoms with Gasteiger partial charge in [0.1, 0.15) is 18.0 Å². The van der Waals surface area contributed by atoms with E-state index in [4.69, 9.17) is 0 Å². The van der Waals surface area contributed by atoms with E-state index in [0.717, 1.165) is 31.7 Å². The van der Waals surface area contributed by atoms with E-state index in [-0.39, 0.29) is 0 Å². The number of hydrogen-bond acceptors (Lipinski definition) is 5. The topological polar surface area (TPSA) is 59.7 Å². The Kier molecular flexibility index (Phi) is 2.86. The first-order valence-electron chi connectivity index (χ1n) is 7.32. The summed E-state index contributed by atoms with van der Waals surface area (Å²) in [5.74, 6) is 2.70. The Bertz CT molecular complexity index is 568. The Morgan fingerprint density at radius 2 is 1.90 bits per heavy atom. The first-order chi connectivity index (χ1) is 9.92. The molecule has 104 valence electrons. The van der Waals surface area contributed by atoms with Crippen LogP contribution in [0, 0.1) is 0 Å². The van der Waals surface area contributed by atoms with Gasteiger partial charge in [-0.15, -0.1) is 10.2 Å². The molecule has 0 radical (unpaired) electrons. The lowest BCUT2D eigenvalue weighted by molar-refractivity contribution is 0.463. The average Bonchev–Trinajstić information content (AvgIpc) is 3.25. The predicted molar refractivity (Wildman–Crippen MR) is 74.5 cm³/mol. The third-order valence-electron chi connectivity index (χ3n) is 4.27. The zero-order valence-corrected chi connectivity index (χ0v) is 11.4. The van der Waals surface area contributed by atoms with Gasteiger partial charge in [0.2, 0.25) is 0 Å². The number of nitrogens with zero attached hydrogens (tertiary/aromatic N) is 6. The average molecular weight is 270 g/mol. The van der Waals surface area contributed by atoms with Crippen LogP contribution in [0.15, 0.2) is 24.9 Å². The van der Waals surface area contributed by atoms with E-state index in [1.165, 1.54) is 18.7 Å². The van der Waals surface area contributed by atoms with Gasteiger partial charge in [0.15, 0.2) is 0 Å². The Hall–Kier alpha value is -1.98. The van der Waals surface area contributed by atoms with Crippen LogP contribution in [0.2, 0.25) is 0 Å². The van der Waals surface area contributed by atoms with Crippen LogP contribution in [0.5, 0.6) is 0 Å². The van der Waals surface area contributed by atoms with Crippen molar-refractivity contribution in [3.05, 3.63) is 30.7 Å². The number of anilines is 1. The van der Waals surface area contributed by atoms with Crippen molar-refractivity contribution >= 4 is 5.82 Å². The quantitative estimate of drug-likeness (QED) is 0.851. The summed E-state index contributed by atoms with van der Waals surface area (Å²) in [6.45, 7) is 2.03. The molecule has 20 heavy (non-hydrogen) atoms. The van der Waals surface area contributed by atoms with E-state index >= 15 is 0 Å². The second-order valence-corrected chi connectivity index (χ2v) is 5.65. The van der Waals surface area contributed by atoms with E-state index in [1.807, 2.05) is 12.5 Å². The maximum absolute atomic E-state index is 4.38. The first kappa shape index (κ1) is 11.8. The molecule has 4 rings (SSSR count). The number of piperidine rings is 1. The molecule has 0 aromatic carbocycles. The number of aromatic nitrogens is 5. The van der Waals surface area contributed by atoms with Gasteiger partial charge in [-0.05, 0) is 25.7 Å². The van der Waals surface area contributed by atoms with Gasteiger partial charge in [-0.1, -0.05) is 0 Å². The highest BCUT2D eigenvalue weighted by molar-refractivity contribution is 5.35. The summed E-state index contributed by atoms with van der Waals surface area (Å²) in [5.41, 5.74) is 0. The van der Waals surface area contributed by atoms with Gasteiger partial charge in [0.25, 0.3) is 0 Å².